The molecule has 0 amide bonds. The molecule has 2 atom stereocenters. The lowest BCUT2D eigenvalue weighted by Crippen LogP contribution is -2.44. The average molecular weight is 585 g/mol. The summed E-state index contributed by atoms with van der Waals surface area (Å²) in [7, 11) is -4.74. The van der Waals surface area contributed by atoms with E-state index in [0.29, 0.717) is 23.7 Å². The summed E-state index contributed by atoms with van der Waals surface area (Å²) in [5.41, 5.74) is 0.741. The first-order valence-electron chi connectivity index (χ1n) is 13.0. The fraction of sp³-hybridized carbons (Fsp3) is 0.481. The molecular weight excluding hydrogens is 553 g/mol. The van der Waals surface area contributed by atoms with Crippen LogP contribution in [0.5, 0.6) is 11.6 Å². The highest BCUT2D eigenvalue weighted by atomic mass is 32.2. The maximum absolute atomic E-state index is 14.0. The first kappa shape index (κ1) is 29.7. The van der Waals surface area contributed by atoms with Crippen LogP contribution in [0, 0.1) is 5.92 Å². The first-order chi connectivity index (χ1) is 18.9. The van der Waals surface area contributed by atoms with Crippen LogP contribution in [0.1, 0.15) is 56.6 Å². The second kappa shape index (κ2) is 12.0. The van der Waals surface area contributed by atoms with Crippen LogP contribution in [0.15, 0.2) is 40.9 Å². The number of carboxylic acids is 1. The number of rotatable bonds is 9. The zero-order chi connectivity index (χ0) is 29.1. The molecule has 0 bridgehead atoms. The zero-order valence-electron chi connectivity index (χ0n) is 21.9. The number of aromatic nitrogens is 1. The summed E-state index contributed by atoms with van der Waals surface area (Å²) in [6.45, 7) is 0.883. The number of hydrogen-bond acceptors (Lipinski definition) is 7. The number of pyridine rings is 1. The van der Waals surface area contributed by atoms with Gasteiger partial charge in [-0.25, -0.2) is 13.4 Å². The molecule has 1 fully saturated rings. The van der Waals surface area contributed by atoms with Crippen LogP contribution < -0.4 is 13.8 Å². The van der Waals surface area contributed by atoms with Gasteiger partial charge in [-0.1, -0.05) is 31.1 Å². The summed E-state index contributed by atoms with van der Waals surface area (Å²) in [5.74, 6) is -1.17. The molecule has 4 rings (SSSR count). The van der Waals surface area contributed by atoms with E-state index in [1.54, 1.807) is 18.2 Å². The fourth-order valence-corrected chi connectivity index (χ4v) is 6.47. The van der Waals surface area contributed by atoms with Crippen molar-refractivity contribution in [2.24, 2.45) is 5.92 Å². The number of alkyl halides is 3. The molecule has 1 aliphatic heterocycles. The number of benzene rings is 1. The number of aliphatic carboxylic acids is 1. The molecule has 1 unspecified atom stereocenters. The Morgan fingerprint density at radius 2 is 2.05 bits per heavy atom. The van der Waals surface area contributed by atoms with Gasteiger partial charge >= 0.3 is 12.1 Å². The summed E-state index contributed by atoms with van der Waals surface area (Å²) in [6.07, 6.45) is 0.515. The first-order valence-corrected chi connectivity index (χ1v) is 14.4. The third kappa shape index (κ3) is 6.69. The number of halogens is 3. The van der Waals surface area contributed by atoms with Gasteiger partial charge in [0.15, 0.2) is 4.90 Å². The second-order valence-corrected chi connectivity index (χ2v) is 11.7. The van der Waals surface area contributed by atoms with Gasteiger partial charge in [0, 0.05) is 12.6 Å². The number of aliphatic hydroxyl groups excluding tert-OH is 1. The van der Waals surface area contributed by atoms with Crippen molar-refractivity contribution >= 4 is 27.8 Å². The number of carboxylic acid groups (broad SMARTS) is 1. The second-order valence-electron chi connectivity index (χ2n) is 9.90. The number of anilines is 1. The molecule has 218 valence electrons. The number of fused-ring (bicyclic) bond motifs is 1. The van der Waals surface area contributed by atoms with Gasteiger partial charge in [0.25, 0.3) is 10.0 Å². The highest BCUT2D eigenvalue weighted by molar-refractivity contribution is 7.93. The smallest absolute Gasteiger partial charge is 0.417 e. The molecule has 1 aliphatic carbocycles. The van der Waals surface area contributed by atoms with E-state index >= 15 is 0 Å². The summed E-state index contributed by atoms with van der Waals surface area (Å²) >= 11 is 0. The van der Waals surface area contributed by atoms with Crippen molar-refractivity contribution in [2.45, 2.75) is 62.6 Å². The van der Waals surface area contributed by atoms with Crippen molar-refractivity contribution in [3.63, 3.8) is 0 Å². The number of ether oxygens (including phenoxy) is 2. The van der Waals surface area contributed by atoms with Gasteiger partial charge in [0.1, 0.15) is 18.5 Å². The summed E-state index contributed by atoms with van der Waals surface area (Å²) in [6, 6.07) is 5.40. The Labute approximate surface area is 230 Å². The van der Waals surface area contributed by atoms with E-state index in [-0.39, 0.29) is 30.8 Å². The number of allylic oxidation sites excluding steroid dienone is 1. The van der Waals surface area contributed by atoms with Gasteiger partial charge in [0.05, 0.1) is 24.4 Å². The minimum Gasteiger partial charge on any atom is -0.486 e. The van der Waals surface area contributed by atoms with Crippen molar-refractivity contribution in [1.82, 2.24) is 4.98 Å². The van der Waals surface area contributed by atoms with Crippen LogP contribution in [0.3, 0.4) is 0 Å². The van der Waals surface area contributed by atoms with Crippen molar-refractivity contribution < 1.29 is 46.1 Å². The highest BCUT2D eigenvalue weighted by Crippen LogP contribution is 2.42. The molecule has 2 heterocycles. The third-order valence-electron chi connectivity index (χ3n) is 6.98. The Morgan fingerprint density at radius 1 is 1.27 bits per heavy atom. The average Bonchev–Trinajstić information content (AvgIpc) is 2.91. The molecule has 0 spiro atoms. The van der Waals surface area contributed by atoms with Gasteiger partial charge in [0.2, 0.25) is 5.88 Å². The van der Waals surface area contributed by atoms with Crippen LogP contribution in [-0.4, -0.2) is 55.4 Å². The van der Waals surface area contributed by atoms with Gasteiger partial charge in [-0.05, 0) is 55.4 Å². The van der Waals surface area contributed by atoms with E-state index in [1.807, 2.05) is 6.08 Å². The number of sulfonamides is 1. The lowest BCUT2D eigenvalue weighted by molar-refractivity contribution is -0.138. The summed E-state index contributed by atoms with van der Waals surface area (Å²) in [5, 5.41) is 18.3. The Hall–Kier alpha value is -3.32. The minimum atomic E-state index is -4.88. The molecule has 1 aromatic heterocycles. The largest absolute Gasteiger partial charge is 0.486 e. The number of hydrogen-bond donors (Lipinski definition) is 2. The third-order valence-corrected chi connectivity index (χ3v) is 8.75. The molecule has 0 saturated heterocycles. The SMILES string of the molecule is CC1CCCC/C1=C\c1ccc2c(c1)N(S(=O)(=O)c1cc(C(F)(F)F)cnc1OCCO)C[C@H](CCC(=O)O)O2. The molecule has 13 heteroatoms. The summed E-state index contributed by atoms with van der Waals surface area (Å²) < 4.78 is 80.8. The molecule has 1 aromatic carbocycles. The molecule has 2 aliphatic rings. The van der Waals surface area contributed by atoms with Crippen LogP contribution in [0.2, 0.25) is 0 Å². The maximum atomic E-state index is 14.0. The van der Waals surface area contributed by atoms with E-state index in [1.165, 1.54) is 5.57 Å². The van der Waals surface area contributed by atoms with Crippen molar-refractivity contribution in [2.75, 3.05) is 24.1 Å². The molecule has 1 saturated carbocycles. The number of nitrogens with zero attached hydrogens (tertiary/aromatic N) is 2. The van der Waals surface area contributed by atoms with Crippen molar-refractivity contribution in [3.8, 4) is 11.6 Å². The van der Waals surface area contributed by atoms with Gasteiger partial charge in [-0.15, -0.1) is 0 Å². The number of carbonyl (C=O) groups is 1. The predicted molar refractivity (Wildman–Crippen MR) is 140 cm³/mol. The predicted octanol–water partition coefficient (Wildman–Crippen LogP) is 4.89. The maximum Gasteiger partial charge on any atom is 0.417 e. The Morgan fingerprint density at radius 3 is 2.73 bits per heavy atom. The normalized spacial score (nSPS) is 20.6. The summed E-state index contributed by atoms with van der Waals surface area (Å²) in [4.78, 5) is 14.0. The van der Waals surface area contributed by atoms with E-state index in [0.717, 1.165) is 30.0 Å². The van der Waals surface area contributed by atoms with E-state index in [9.17, 15) is 26.4 Å². The standard InChI is InChI=1S/C27H31F3N2O7S/c1-17-4-2-3-5-19(17)12-18-6-8-23-22(13-18)32(16-21(39-23)7-9-25(34)35)40(36,37)24-14-20(27(28,29)30)15-31-26(24)38-11-10-33/h6,8,12-15,17,21,33H,2-5,7,9-11,16H2,1H3,(H,34,35)/b19-12+/t17?,21-/m0/s1. The van der Waals surface area contributed by atoms with Gasteiger partial charge in [-0.3, -0.25) is 9.10 Å². The lowest BCUT2D eigenvalue weighted by Gasteiger charge is -2.36. The van der Waals surface area contributed by atoms with Crippen LogP contribution in [0.25, 0.3) is 6.08 Å². The molecule has 0 radical (unpaired) electrons. The van der Waals surface area contributed by atoms with E-state index in [4.69, 9.17) is 19.7 Å². The van der Waals surface area contributed by atoms with Crippen LogP contribution in [0.4, 0.5) is 18.9 Å². The molecule has 2 aromatic rings. The minimum absolute atomic E-state index is 0.0289. The Bertz CT molecular complexity index is 1380. The lowest BCUT2D eigenvalue weighted by atomic mass is 9.84. The number of aliphatic hydroxyl groups is 1. The monoisotopic (exact) mass is 584 g/mol. The van der Waals surface area contributed by atoms with Gasteiger partial charge in [-0.2, -0.15) is 13.2 Å². The molecule has 9 nitrogen and oxygen atoms in total. The van der Waals surface area contributed by atoms with E-state index < -0.39 is 57.8 Å². The molecule has 40 heavy (non-hydrogen) atoms. The van der Waals surface area contributed by atoms with Gasteiger partial charge < -0.3 is 19.7 Å². The molecule has 2 N–H and O–H groups in total. The van der Waals surface area contributed by atoms with E-state index in [2.05, 4.69) is 11.9 Å². The topological polar surface area (TPSA) is 126 Å². The highest BCUT2D eigenvalue weighted by Gasteiger charge is 2.39. The van der Waals surface area contributed by atoms with Crippen LogP contribution >= 0.6 is 0 Å². The Kier molecular flexibility index (Phi) is 8.93. The quantitative estimate of drug-likeness (QED) is 0.427. The van der Waals surface area contributed by atoms with Crippen molar-refractivity contribution in [1.29, 1.82) is 0 Å². The zero-order valence-corrected chi connectivity index (χ0v) is 22.7. The Balaban J connectivity index is 1.82. The fourth-order valence-electron chi connectivity index (χ4n) is 4.86. The molecular formula is C27H31F3N2O7S. The van der Waals surface area contributed by atoms with Crippen LogP contribution in [-0.2, 0) is 21.0 Å². The van der Waals surface area contributed by atoms with Crippen molar-refractivity contribution in [3.05, 3.63) is 47.2 Å².